The van der Waals surface area contributed by atoms with E-state index in [2.05, 4.69) is 15.9 Å². The van der Waals surface area contributed by atoms with Crippen LogP contribution in [0, 0.1) is 16.7 Å². The summed E-state index contributed by atoms with van der Waals surface area (Å²) in [5.41, 5.74) is 3.64. The largest absolute Gasteiger partial charge is 0.550 e. The number of amides is 1. The van der Waals surface area contributed by atoms with Gasteiger partial charge in [-0.15, -0.1) is 0 Å². The molecule has 1 amide bonds. The molecular formula is C10H15BrNO3-. The quantitative estimate of drug-likeness (QED) is 0.739. The third-order valence-electron chi connectivity index (χ3n) is 4.03. The Labute approximate surface area is 97.3 Å². The number of carbonyl (C=O) groups is 2. The minimum absolute atomic E-state index is 0.403. The van der Waals surface area contributed by atoms with Gasteiger partial charge in [-0.2, -0.15) is 0 Å². The Balaban J connectivity index is 3.16. The Kier molecular flexibility index (Phi) is 3.14. The average molecular weight is 277 g/mol. The first kappa shape index (κ1) is 12.5. The number of carbonyl (C=O) groups excluding carboxylic acids is 2. The van der Waals surface area contributed by atoms with E-state index in [-0.39, 0.29) is 0 Å². The second-order valence-corrected chi connectivity index (χ2v) is 5.23. The summed E-state index contributed by atoms with van der Waals surface area (Å²) in [6.07, 6.45) is 0.951. The molecule has 0 unspecified atom stereocenters. The van der Waals surface area contributed by atoms with E-state index >= 15 is 0 Å². The minimum Gasteiger partial charge on any atom is -0.550 e. The summed E-state index contributed by atoms with van der Waals surface area (Å²) in [6, 6.07) is 0. The SMILES string of the molecule is C[C@]1(CBr)[C@H](C(N)=O)CC[C@]1(C)C(=O)[O-]. The summed E-state index contributed by atoms with van der Waals surface area (Å²) in [4.78, 5) is 22.5. The van der Waals surface area contributed by atoms with Crippen LogP contribution in [0.1, 0.15) is 26.7 Å². The number of nitrogens with two attached hydrogens (primary N) is 1. The lowest BCUT2D eigenvalue weighted by Crippen LogP contribution is -2.52. The van der Waals surface area contributed by atoms with E-state index in [0.717, 1.165) is 0 Å². The number of hydrogen-bond acceptors (Lipinski definition) is 3. The van der Waals surface area contributed by atoms with E-state index in [1.165, 1.54) is 0 Å². The van der Waals surface area contributed by atoms with Crippen LogP contribution in [0.5, 0.6) is 0 Å². The normalized spacial score (nSPS) is 40.3. The lowest BCUT2D eigenvalue weighted by atomic mass is 9.65. The molecule has 0 bridgehead atoms. The monoisotopic (exact) mass is 276 g/mol. The molecule has 0 heterocycles. The van der Waals surface area contributed by atoms with Gasteiger partial charge in [0, 0.05) is 22.6 Å². The Morgan fingerprint density at radius 1 is 1.53 bits per heavy atom. The molecule has 0 saturated heterocycles. The molecule has 86 valence electrons. The van der Waals surface area contributed by atoms with Crippen molar-refractivity contribution in [3.63, 3.8) is 0 Å². The first-order chi connectivity index (χ1) is 6.79. The molecule has 15 heavy (non-hydrogen) atoms. The lowest BCUT2D eigenvalue weighted by Gasteiger charge is -2.43. The van der Waals surface area contributed by atoms with E-state index in [0.29, 0.717) is 18.2 Å². The maximum Gasteiger partial charge on any atom is 0.221 e. The molecule has 1 aliphatic carbocycles. The number of rotatable bonds is 3. The summed E-state index contributed by atoms with van der Waals surface area (Å²) in [5, 5.41) is 11.6. The molecule has 0 spiro atoms. The summed E-state index contributed by atoms with van der Waals surface area (Å²) >= 11 is 3.29. The van der Waals surface area contributed by atoms with Crippen LogP contribution < -0.4 is 10.8 Å². The summed E-state index contributed by atoms with van der Waals surface area (Å²) in [5.74, 6) is -1.94. The van der Waals surface area contributed by atoms with E-state index in [4.69, 9.17) is 5.73 Å². The van der Waals surface area contributed by atoms with Gasteiger partial charge in [0.05, 0.1) is 0 Å². The zero-order chi connectivity index (χ0) is 11.9. The number of carboxylic acid groups (broad SMARTS) is 1. The van der Waals surface area contributed by atoms with Gasteiger partial charge in [-0.05, 0) is 18.3 Å². The van der Waals surface area contributed by atoms with Crippen LogP contribution in [0.3, 0.4) is 0 Å². The Bertz CT molecular complexity index is 307. The van der Waals surface area contributed by atoms with Crippen LogP contribution in [0.2, 0.25) is 0 Å². The number of halogens is 1. The fourth-order valence-corrected chi connectivity index (χ4v) is 3.46. The van der Waals surface area contributed by atoms with Crippen molar-refractivity contribution in [3.8, 4) is 0 Å². The van der Waals surface area contributed by atoms with Crippen LogP contribution in [0.4, 0.5) is 0 Å². The zero-order valence-corrected chi connectivity index (χ0v) is 10.5. The van der Waals surface area contributed by atoms with Crippen LogP contribution in [-0.4, -0.2) is 17.2 Å². The van der Waals surface area contributed by atoms with Gasteiger partial charge >= 0.3 is 0 Å². The first-order valence-corrected chi connectivity index (χ1v) is 5.98. The molecule has 0 aromatic rings. The number of primary amides is 1. The van der Waals surface area contributed by atoms with E-state index < -0.39 is 28.6 Å². The smallest absolute Gasteiger partial charge is 0.221 e. The zero-order valence-electron chi connectivity index (χ0n) is 8.88. The van der Waals surface area contributed by atoms with Crippen LogP contribution in [0.25, 0.3) is 0 Å². The third kappa shape index (κ3) is 1.57. The van der Waals surface area contributed by atoms with E-state index in [9.17, 15) is 14.7 Å². The molecule has 1 aliphatic rings. The van der Waals surface area contributed by atoms with Gasteiger partial charge in [0.25, 0.3) is 0 Å². The number of alkyl halides is 1. The maximum atomic E-state index is 11.3. The van der Waals surface area contributed by atoms with Gasteiger partial charge in [-0.1, -0.05) is 29.8 Å². The molecule has 3 atom stereocenters. The molecule has 0 aliphatic heterocycles. The van der Waals surface area contributed by atoms with Gasteiger partial charge in [0.1, 0.15) is 0 Å². The van der Waals surface area contributed by atoms with Crippen LogP contribution in [-0.2, 0) is 9.59 Å². The molecule has 5 heteroatoms. The highest BCUT2D eigenvalue weighted by atomic mass is 79.9. The third-order valence-corrected chi connectivity index (χ3v) is 5.20. The van der Waals surface area contributed by atoms with Crippen molar-refractivity contribution in [1.29, 1.82) is 0 Å². The standard InChI is InChI=1S/C10H16BrNO3/c1-9(8(14)15)4-3-6(7(12)13)10(9,2)5-11/h6H,3-5H2,1-2H3,(H2,12,13)(H,14,15)/p-1/t6-,9+,10-/m0/s1. The Morgan fingerprint density at radius 2 is 2.07 bits per heavy atom. The number of aliphatic carboxylic acids is 1. The lowest BCUT2D eigenvalue weighted by molar-refractivity contribution is -0.322. The second-order valence-electron chi connectivity index (χ2n) is 4.66. The van der Waals surface area contributed by atoms with Crippen molar-refractivity contribution in [2.75, 3.05) is 5.33 Å². The van der Waals surface area contributed by atoms with Gasteiger partial charge in [0.2, 0.25) is 5.91 Å². The van der Waals surface area contributed by atoms with Crippen LogP contribution >= 0.6 is 15.9 Å². The number of carboxylic acids is 1. The highest BCUT2D eigenvalue weighted by Crippen LogP contribution is 2.56. The topological polar surface area (TPSA) is 83.2 Å². The fraction of sp³-hybridized carbons (Fsp3) is 0.800. The second kappa shape index (κ2) is 3.77. The van der Waals surface area contributed by atoms with Crippen molar-refractivity contribution >= 4 is 27.8 Å². The molecule has 4 nitrogen and oxygen atoms in total. The summed E-state index contributed by atoms with van der Waals surface area (Å²) < 4.78 is 0. The number of hydrogen-bond donors (Lipinski definition) is 1. The van der Waals surface area contributed by atoms with E-state index in [1.54, 1.807) is 13.8 Å². The van der Waals surface area contributed by atoms with Crippen LogP contribution in [0.15, 0.2) is 0 Å². The highest BCUT2D eigenvalue weighted by Gasteiger charge is 2.56. The highest BCUT2D eigenvalue weighted by molar-refractivity contribution is 9.09. The predicted octanol–water partition coefficient (Wildman–Crippen LogP) is 0.0391. The van der Waals surface area contributed by atoms with Crippen molar-refractivity contribution in [2.24, 2.45) is 22.5 Å². The van der Waals surface area contributed by atoms with Gasteiger partial charge < -0.3 is 15.6 Å². The molecular weight excluding hydrogens is 262 g/mol. The average Bonchev–Trinajstić information content (AvgIpc) is 2.42. The molecule has 1 fully saturated rings. The molecule has 1 rings (SSSR count). The molecule has 0 aromatic carbocycles. The Hall–Kier alpha value is -0.580. The Morgan fingerprint density at radius 3 is 2.40 bits per heavy atom. The molecule has 0 aromatic heterocycles. The summed E-state index contributed by atoms with van der Waals surface area (Å²) in [6.45, 7) is 3.41. The first-order valence-electron chi connectivity index (χ1n) is 4.86. The summed E-state index contributed by atoms with van der Waals surface area (Å²) in [7, 11) is 0. The molecule has 1 saturated carbocycles. The molecule has 0 radical (unpaired) electrons. The molecule has 2 N–H and O–H groups in total. The van der Waals surface area contributed by atoms with Crippen molar-refractivity contribution < 1.29 is 14.7 Å². The predicted molar refractivity (Wildman–Crippen MR) is 56.9 cm³/mol. The van der Waals surface area contributed by atoms with Gasteiger partial charge in [0.15, 0.2) is 0 Å². The maximum absolute atomic E-state index is 11.3. The van der Waals surface area contributed by atoms with Crippen molar-refractivity contribution in [1.82, 2.24) is 0 Å². The van der Waals surface area contributed by atoms with Crippen molar-refractivity contribution in [2.45, 2.75) is 26.7 Å². The van der Waals surface area contributed by atoms with Gasteiger partial charge in [-0.3, -0.25) is 4.79 Å². The van der Waals surface area contributed by atoms with Crippen molar-refractivity contribution in [3.05, 3.63) is 0 Å². The minimum atomic E-state index is -1.10. The van der Waals surface area contributed by atoms with E-state index in [1.807, 2.05) is 0 Å². The van der Waals surface area contributed by atoms with Gasteiger partial charge in [-0.25, -0.2) is 0 Å². The fourth-order valence-electron chi connectivity index (χ4n) is 2.45.